The third kappa shape index (κ3) is 5.89. The van der Waals surface area contributed by atoms with Crippen molar-refractivity contribution in [3.8, 4) is 0 Å². The van der Waals surface area contributed by atoms with E-state index in [-0.39, 0.29) is 5.91 Å². The number of thiazole rings is 1. The SMILES string of the molecule is CCN(C)C=Nc1cc(C)c(Cc2nc(C(=O)NC3CCCCC3)cs2)cc1C. The van der Waals surface area contributed by atoms with E-state index in [1.165, 1.54) is 30.4 Å². The molecule has 29 heavy (non-hydrogen) atoms. The van der Waals surface area contributed by atoms with Crippen LogP contribution in [-0.2, 0) is 6.42 Å². The van der Waals surface area contributed by atoms with Crippen molar-refractivity contribution >= 4 is 29.3 Å². The zero-order valence-corrected chi connectivity index (χ0v) is 18.8. The van der Waals surface area contributed by atoms with Gasteiger partial charge in [-0.2, -0.15) is 0 Å². The lowest BCUT2D eigenvalue weighted by Crippen LogP contribution is -2.36. The highest BCUT2D eigenvalue weighted by molar-refractivity contribution is 7.09. The number of nitrogens with zero attached hydrogens (tertiary/aromatic N) is 3. The number of carbonyl (C=O) groups excluding carboxylic acids is 1. The number of aliphatic imine (C=N–C) groups is 1. The Kier molecular flexibility index (Phi) is 7.42. The molecular formula is C23H32N4OS. The molecule has 0 unspecified atom stereocenters. The second-order valence-electron chi connectivity index (χ2n) is 7.99. The van der Waals surface area contributed by atoms with Gasteiger partial charge in [0, 0.05) is 31.4 Å². The zero-order chi connectivity index (χ0) is 20.8. The molecule has 1 fully saturated rings. The van der Waals surface area contributed by atoms with Gasteiger partial charge in [0.25, 0.3) is 5.91 Å². The highest BCUT2D eigenvalue weighted by Gasteiger charge is 2.18. The fourth-order valence-corrected chi connectivity index (χ4v) is 4.40. The molecule has 0 atom stereocenters. The maximum atomic E-state index is 12.5. The molecule has 156 valence electrons. The van der Waals surface area contributed by atoms with Crippen LogP contribution in [-0.4, -0.2) is 41.8 Å². The van der Waals surface area contributed by atoms with E-state index in [0.717, 1.165) is 42.1 Å². The van der Waals surface area contributed by atoms with E-state index in [4.69, 9.17) is 0 Å². The van der Waals surface area contributed by atoms with E-state index in [9.17, 15) is 4.79 Å². The van der Waals surface area contributed by atoms with Gasteiger partial charge in [0.2, 0.25) is 0 Å². The number of hydrogen-bond acceptors (Lipinski definition) is 4. The highest BCUT2D eigenvalue weighted by Crippen LogP contribution is 2.26. The lowest BCUT2D eigenvalue weighted by atomic mass is 9.95. The summed E-state index contributed by atoms with van der Waals surface area (Å²) in [4.78, 5) is 23.8. The fourth-order valence-electron chi connectivity index (χ4n) is 3.60. The van der Waals surface area contributed by atoms with Crippen molar-refractivity contribution in [2.24, 2.45) is 4.99 Å². The minimum Gasteiger partial charge on any atom is -0.366 e. The second-order valence-corrected chi connectivity index (χ2v) is 8.94. The maximum Gasteiger partial charge on any atom is 0.270 e. The predicted molar refractivity (Wildman–Crippen MR) is 122 cm³/mol. The molecule has 1 saturated carbocycles. The molecule has 0 saturated heterocycles. The van der Waals surface area contributed by atoms with Gasteiger partial charge >= 0.3 is 0 Å². The molecule has 1 amide bonds. The number of rotatable bonds is 7. The lowest BCUT2D eigenvalue weighted by molar-refractivity contribution is 0.0923. The quantitative estimate of drug-likeness (QED) is 0.513. The molecule has 1 aromatic carbocycles. The summed E-state index contributed by atoms with van der Waals surface area (Å²) in [6.07, 6.45) is 8.49. The van der Waals surface area contributed by atoms with Crippen LogP contribution in [0.3, 0.4) is 0 Å². The number of aryl methyl sites for hydroxylation is 2. The highest BCUT2D eigenvalue weighted by atomic mass is 32.1. The van der Waals surface area contributed by atoms with Crippen molar-refractivity contribution in [2.45, 2.75) is 65.3 Å². The van der Waals surface area contributed by atoms with Crippen molar-refractivity contribution in [3.63, 3.8) is 0 Å². The Hall–Kier alpha value is -2.21. The fraction of sp³-hybridized carbons (Fsp3) is 0.522. The van der Waals surface area contributed by atoms with Gasteiger partial charge in [0.15, 0.2) is 0 Å². The first-order valence-electron chi connectivity index (χ1n) is 10.6. The van der Waals surface area contributed by atoms with Crippen molar-refractivity contribution in [3.05, 3.63) is 44.9 Å². The second kappa shape index (κ2) is 10.0. The summed E-state index contributed by atoms with van der Waals surface area (Å²) < 4.78 is 0. The molecule has 1 aliphatic carbocycles. The number of hydrogen-bond donors (Lipinski definition) is 1. The summed E-state index contributed by atoms with van der Waals surface area (Å²) in [6.45, 7) is 7.24. The Bertz CT molecular complexity index is 868. The van der Waals surface area contributed by atoms with Crippen molar-refractivity contribution in [1.82, 2.24) is 15.2 Å². The first-order chi connectivity index (χ1) is 14.0. The molecule has 5 nitrogen and oxygen atoms in total. The van der Waals surface area contributed by atoms with Crippen molar-refractivity contribution in [1.29, 1.82) is 0 Å². The van der Waals surface area contributed by atoms with Gasteiger partial charge < -0.3 is 10.2 Å². The molecule has 0 bridgehead atoms. The first-order valence-corrected chi connectivity index (χ1v) is 11.4. The van der Waals surface area contributed by atoms with Crippen LogP contribution in [0.2, 0.25) is 0 Å². The molecule has 6 heteroatoms. The number of nitrogens with one attached hydrogen (secondary N) is 1. The first kappa shape index (κ1) is 21.5. The Morgan fingerprint density at radius 1 is 1.28 bits per heavy atom. The molecule has 1 aliphatic rings. The third-order valence-corrected chi connectivity index (χ3v) is 6.46. The molecule has 2 aromatic rings. The minimum absolute atomic E-state index is 0.0305. The summed E-state index contributed by atoms with van der Waals surface area (Å²) in [5.74, 6) is -0.0305. The molecule has 0 aliphatic heterocycles. The van der Waals surface area contributed by atoms with Crippen LogP contribution in [0.25, 0.3) is 0 Å². The largest absolute Gasteiger partial charge is 0.366 e. The maximum absolute atomic E-state index is 12.5. The van der Waals surface area contributed by atoms with E-state index < -0.39 is 0 Å². The van der Waals surface area contributed by atoms with Gasteiger partial charge in [-0.1, -0.05) is 25.3 Å². The van der Waals surface area contributed by atoms with E-state index >= 15 is 0 Å². The van der Waals surface area contributed by atoms with Gasteiger partial charge in [-0.3, -0.25) is 4.79 Å². The number of carbonyl (C=O) groups is 1. The summed E-state index contributed by atoms with van der Waals surface area (Å²) in [7, 11) is 2.02. The number of amides is 1. The average molecular weight is 413 g/mol. The third-order valence-electron chi connectivity index (χ3n) is 5.61. The van der Waals surface area contributed by atoms with E-state index in [1.807, 2.05) is 18.8 Å². The van der Waals surface area contributed by atoms with Crippen LogP contribution in [0.4, 0.5) is 5.69 Å². The Labute approximate surface area is 178 Å². The standard InChI is InChI=1S/C23H32N4OS/c1-5-27(4)15-24-20-12-16(2)18(11-17(20)3)13-22-26-21(14-29-22)23(28)25-19-9-7-6-8-10-19/h11-12,14-15,19H,5-10,13H2,1-4H3,(H,25,28). The van der Waals surface area contributed by atoms with Crippen LogP contribution in [0.5, 0.6) is 0 Å². The smallest absolute Gasteiger partial charge is 0.270 e. The zero-order valence-electron chi connectivity index (χ0n) is 18.0. The summed E-state index contributed by atoms with van der Waals surface area (Å²) >= 11 is 1.56. The molecular weight excluding hydrogens is 380 g/mol. The minimum atomic E-state index is -0.0305. The van der Waals surface area contributed by atoms with Gasteiger partial charge in [-0.15, -0.1) is 11.3 Å². The molecule has 1 N–H and O–H groups in total. The normalized spacial score (nSPS) is 15.0. The van der Waals surface area contributed by atoms with Crippen LogP contribution >= 0.6 is 11.3 Å². The lowest BCUT2D eigenvalue weighted by Gasteiger charge is -2.22. The van der Waals surface area contributed by atoms with Crippen LogP contribution < -0.4 is 5.32 Å². The topological polar surface area (TPSA) is 57.6 Å². The number of aromatic nitrogens is 1. The monoisotopic (exact) mass is 412 g/mol. The van der Waals surface area contributed by atoms with Crippen LogP contribution in [0.1, 0.15) is 71.2 Å². The van der Waals surface area contributed by atoms with E-state index in [0.29, 0.717) is 11.7 Å². The summed E-state index contributed by atoms with van der Waals surface area (Å²) in [5, 5.41) is 6.01. The van der Waals surface area contributed by atoms with Gasteiger partial charge in [-0.05, 0) is 56.4 Å². The summed E-state index contributed by atoms with van der Waals surface area (Å²) in [5.41, 5.74) is 5.13. The van der Waals surface area contributed by atoms with Crippen LogP contribution in [0, 0.1) is 13.8 Å². The van der Waals surface area contributed by atoms with Crippen molar-refractivity contribution in [2.75, 3.05) is 13.6 Å². The molecule has 3 rings (SSSR count). The number of benzene rings is 1. The van der Waals surface area contributed by atoms with Gasteiger partial charge in [0.1, 0.15) is 5.69 Å². The molecule has 0 spiro atoms. The van der Waals surface area contributed by atoms with Gasteiger partial charge in [-0.25, -0.2) is 9.98 Å². The van der Waals surface area contributed by atoms with E-state index in [1.54, 1.807) is 11.3 Å². The molecule has 0 radical (unpaired) electrons. The van der Waals surface area contributed by atoms with Crippen LogP contribution in [0.15, 0.2) is 22.5 Å². The Morgan fingerprint density at radius 2 is 2.03 bits per heavy atom. The summed E-state index contributed by atoms with van der Waals surface area (Å²) in [6, 6.07) is 4.64. The van der Waals surface area contributed by atoms with E-state index in [2.05, 4.69) is 53.1 Å². The van der Waals surface area contributed by atoms with Crippen molar-refractivity contribution < 1.29 is 4.79 Å². The Balaban J connectivity index is 1.66. The predicted octanol–water partition coefficient (Wildman–Crippen LogP) is 5.02. The van der Waals surface area contributed by atoms with Gasteiger partial charge in [0.05, 0.1) is 17.0 Å². The Morgan fingerprint density at radius 3 is 2.76 bits per heavy atom. The molecule has 1 heterocycles. The average Bonchev–Trinajstić information content (AvgIpc) is 3.18. The molecule has 1 aromatic heterocycles.